The third-order valence-electron chi connectivity index (χ3n) is 5.97. The Balaban J connectivity index is 0.000000148. The van der Waals surface area contributed by atoms with Crippen LogP contribution in [0.4, 0.5) is 0 Å². The van der Waals surface area contributed by atoms with Gasteiger partial charge in [0.1, 0.15) is 23.0 Å². The summed E-state index contributed by atoms with van der Waals surface area (Å²) in [6.45, 7) is 0. The lowest BCUT2D eigenvalue weighted by Gasteiger charge is -2.17. The standard InChI is InChI=1S/2C14H8O4/c2*15-7-1-3-9-11(5-7)14(18)10-4-2-8(16)6-12(10)13(9)17/h2*1-6,15-16H. The van der Waals surface area contributed by atoms with E-state index >= 15 is 0 Å². The molecule has 0 unspecified atom stereocenters. The minimum Gasteiger partial charge on any atom is -0.508 e. The molecule has 4 aromatic rings. The van der Waals surface area contributed by atoms with Crippen LogP contribution in [0, 0.1) is 0 Å². The number of hydrogen-bond donors (Lipinski definition) is 4. The van der Waals surface area contributed by atoms with E-state index in [4.69, 9.17) is 0 Å². The first-order valence-electron chi connectivity index (χ1n) is 10.7. The number of benzene rings is 4. The Labute approximate surface area is 203 Å². The minimum absolute atomic E-state index is 0.0582. The maximum absolute atomic E-state index is 12.2. The molecule has 2 aliphatic rings. The number of carbonyl (C=O) groups excluding carboxylic acids is 4. The Hall–Kier alpha value is -5.24. The molecule has 0 saturated carbocycles. The van der Waals surface area contributed by atoms with Crippen molar-refractivity contribution in [1.82, 2.24) is 0 Å². The zero-order valence-electron chi connectivity index (χ0n) is 18.4. The van der Waals surface area contributed by atoms with Gasteiger partial charge >= 0.3 is 0 Å². The van der Waals surface area contributed by atoms with Crippen LogP contribution >= 0.6 is 0 Å². The van der Waals surface area contributed by atoms with E-state index in [9.17, 15) is 39.6 Å². The average molecular weight is 480 g/mol. The van der Waals surface area contributed by atoms with Crippen LogP contribution in [0.2, 0.25) is 0 Å². The average Bonchev–Trinajstić information content (AvgIpc) is 2.86. The Morgan fingerprint density at radius 2 is 0.500 bits per heavy atom. The molecule has 0 saturated heterocycles. The number of phenolic OH excluding ortho intramolecular Hbond substituents is 4. The highest BCUT2D eigenvalue weighted by Gasteiger charge is 2.31. The maximum atomic E-state index is 12.2. The number of fused-ring (bicyclic) bond motifs is 4. The van der Waals surface area contributed by atoms with Crippen LogP contribution in [0.25, 0.3) is 0 Å². The van der Waals surface area contributed by atoms with Crippen molar-refractivity contribution in [3.05, 3.63) is 117 Å². The fourth-order valence-electron chi connectivity index (χ4n) is 4.25. The Kier molecular flexibility index (Phi) is 5.14. The first kappa shape index (κ1) is 22.5. The molecule has 2 aliphatic carbocycles. The van der Waals surface area contributed by atoms with Gasteiger partial charge in [-0.3, -0.25) is 19.2 Å². The summed E-state index contributed by atoms with van der Waals surface area (Å²) in [7, 11) is 0. The van der Waals surface area contributed by atoms with E-state index in [1.54, 1.807) is 0 Å². The monoisotopic (exact) mass is 480 g/mol. The maximum Gasteiger partial charge on any atom is 0.194 e. The molecule has 36 heavy (non-hydrogen) atoms. The van der Waals surface area contributed by atoms with Crippen LogP contribution in [0.3, 0.4) is 0 Å². The Morgan fingerprint density at radius 1 is 0.306 bits per heavy atom. The quantitative estimate of drug-likeness (QED) is 0.257. The highest BCUT2D eigenvalue weighted by atomic mass is 16.3. The molecular formula is C28H16O8. The molecule has 0 spiro atoms. The fraction of sp³-hybridized carbons (Fsp3) is 0. The van der Waals surface area contributed by atoms with E-state index in [0.717, 1.165) is 0 Å². The van der Waals surface area contributed by atoms with E-state index in [2.05, 4.69) is 0 Å². The van der Waals surface area contributed by atoms with Crippen LogP contribution in [-0.2, 0) is 0 Å². The van der Waals surface area contributed by atoms with Gasteiger partial charge in [0.05, 0.1) is 0 Å². The van der Waals surface area contributed by atoms with Gasteiger partial charge in [-0.15, -0.1) is 0 Å². The van der Waals surface area contributed by atoms with Crippen LogP contribution in [0.15, 0.2) is 72.8 Å². The topological polar surface area (TPSA) is 149 Å². The van der Waals surface area contributed by atoms with Gasteiger partial charge in [-0.25, -0.2) is 0 Å². The molecule has 0 bridgehead atoms. The van der Waals surface area contributed by atoms with Crippen molar-refractivity contribution in [1.29, 1.82) is 0 Å². The first-order chi connectivity index (χ1) is 17.2. The van der Waals surface area contributed by atoms with Gasteiger partial charge in [0, 0.05) is 44.5 Å². The third-order valence-corrected chi connectivity index (χ3v) is 5.97. The normalized spacial score (nSPS) is 13.1. The molecule has 4 aromatic carbocycles. The van der Waals surface area contributed by atoms with Gasteiger partial charge in [-0.2, -0.15) is 0 Å². The van der Waals surface area contributed by atoms with Gasteiger partial charge in [-0.05, 0) is 72.8 Å². The van der Waals surface area contributed by atoms with E-state index in [1.807, 2.05) is 0 Å². The van der Waals surface area contributed by atoms with Crippen molar-refractivity contribution in [3.8, 4) is 23.0 Å². The third kappa shape index (κ3) is 3.57. The second kappa shape index (κ2) is 8.21. The molecule has 0 amide bonds. The van der Waals surface area contributed by atoms with Gasteiger partial charge in [0.25, 0.3) is 0 Å². The molecule has 176 valence electrons. The minimum atomic E-state index is -0.324. The predicted molar refractivity (Wildman–Crippen MR) is 126 cm³/mol. The molecule has 6 rings (SSSR count). The number of aromatic hydroxyl groups is 4. The number of phenols is 4. The Morgan fingerprint density at radius 3 is 0.694 bits per heavy atom. The molecule has 8 nitrogen and oxygen atoms in total. The summed E-state index contributed by atoms with van der Waals surface area (Å²) < 4.78 is 0. The van der Waals surface area contributed by atoms with Crippen molar-refractivity contribution in [3.63, 3.8) is 0 Å². The molecule has 0 fully saturated rings. The summed E-state index contributed by atoms with van der Waals surface area (Å²) in [4.78, 5) is 48.7. The van der Waals surface area contributed by atoms with Crippen molar-refractivity contribution in [2.45, 2.75) is 0 Å². The van der Waals surface area contributed by atoms with Crippen molar-refractivity contribution in [2.24, 2.45) is 0 Å². The van der Waals surface area contributed by atoms with Gasteiger partial charge in [0.15, 0.2) is 23.1 Å². The zero-order valence-corrected chi connectivity index (χ0v) is 18.4. The fourth-order valence-corrected chi connectivity index (χ4v) is 4.25. The highest BCUT2D eigenvalue weighted by Crippen LogP contribution is 2.32. The number of carbonyl (C=O) groups is 4. The molecule has 4 N–H and O–H groups in total. The van der Waals surface area contributed by atoms with E-state index < -0.39 is 0 Å². The summed E-state index contributed by atoms with van der Waals surface area (Å²) in [6.07, 6.45) is 0. The van der Waals surface area contributed by atoms with Crippen LogP contribution in [0.5, 0.6) is 23.0 Å². The zero-order chi connectivity index (χ0) is 25.7. The highest BCUT2D eigenvalue weighted by molar-refractivity contribution is 6.29. The number of rotatable bonds is 0. The second-order valence-corrected chi connectivity index (χ2v) is 8.24. The van der Waals surface area contributed by atoms with E-state index in [0.29, 0.717) is 0 Å². The van der Waals surface area contributed by atoms with Crippen LogP contribution < -0.4 is 0 Å². The number of hydrogen-bond acceptors (Lipinski definition) is 8. The molecule has 0 atom stereocenters. The molecular weight excluding hydrogens is 464 g/mol. The SMILES string of the molecule is O=C1c2ccc(O)cc2C(=O)c2ccc(O)cc21.O=C1c2ccc(O)cc2C(=O)c2ccc(O)cc21. The van der Waals surface area contributed by atoms with Crippen molar-refractivity contribution >= 4 is 23.1 Å². The molecule has 0 aliphatic heterocycles. The van der Waals surface area contributed by atoms with E-state index in [1.165, 1.54) is 72.8 Å². The summed E-state index contributed by atoms with van der Waals surface area (Å²) in [5.41, 5.74) is 1.76. The van der Waals surface area contributed by atoms with Gasteiger partial charge in [-0.1, -0.05) is 0 Å². The lowest BCUT2D eigenvalue weighted by molar-refractivity contribution is 0.0978. The van der Waals surface area contributed by atoms with Crippen molar-refractivity contribution in [2.75, 3.05) is 0 Å². The molecule has 8 heteroatoms. The second-order valence-electron chi connectivity index (χ2n) is 8.24. The van der Waals surface area contributed by atoms with Gasteiger partial charge < -0.3 is 20.4 Å². The summed E-state index contributed by atoms with van der Waals surface area (Å²) in [5.74, 6) is -1.53. The van der Waals surface area contributed by atoms with Crippen molar-refractivity contribution < 1.29 is 39.6 Å². The Bertz CT molecular complexity index is 1400. The summed E-state index contributed by atoms with van der Waals surface area (Å²) >= 11 is 0. The summed E-state index contributed by atoms with van der Waals surface area (Å²) in [5, 5.41) is 37.5. The predicted octanol–water partition coefficient (Wildman–Crippen LogP) is 3.75. The largest absolute Gasteiger partial charge is 0.508 e. The lowest BCUT2D eigenvalue weighted by atomic mass is 9.84. The van der Waals surface area contributed by atoms with Crippen LogP contribution in [-0.4, -0.2) is 43.6 Å². The van der Waals surface area contributed by atoms with E-state index in [-0.39, 0.29) is 90.6 Å². The molecule has 0 aromatic heterocycles. The first-order valence-corrected chi connectivity index (χ1v) is 10.7. The van der Waals surface area contributed by atoms with Gasteiger partial charge in [0.2, 0.25) is 0 Å². The molecule has 0 radical (unpaired) electrons. The lowest BCUT2D eigenvalue weighted by Crippen LogP contribution is -2.20. The molecule has 0 heterocycles. The smallest absolute Gasteiger partial charge is 0.194 e. The number of ketones is 4. The van der Waals surface area contributed by atoms with Crippen LogP contribution in [0.1, 0.15) is 63.7 Å². The summed E-state index contributed by atoms with van der Waals surface area (Å²) in [6, 6.07) is 16.2.